The van der Waals surface area contributed by atoms with Crippen molar-refractivity contribution in [3.05, 3.63) is 49.1 Å². The normalized spacial score (nSPS) is 9.82. The molecule has 0 bridgehead atoms. The highest BCUT2D eigenvalue weighted by Gasteiger charge is 1.90. The maximum absolute atomic E-state index is 3.89. The fourth-order valence-electron chi connectivity index (χ4n) is 0.972. The summed E-state index contributed by atoms with van der Waals surface area (Å²) in [6.07, 6.45) is 8.48. The van der Waals surface area contributed by atoms with Gasteiger partial charge in [0.2, 0.25) is 0 Å². The summed E-state index contributed by atoms with van der Waals surface area (Å²) in [5, 5.41) is 0. The SMILES string of the molecule is [c]1ccc(-n2cccc2)cn1. The molecule has 0 spiro atoms. The van der Waals surface area contributed by atoms with E-state index in [-0.39, 0.29) is 0 Å². The van der Waals surface area contributed by atoms with Crippen LogP contribution in [0.3, 0.4) is 0 Å². The lowest BCUT2D eigenvalue weighted by Gasteiger charge is -1.98. The van der Waals surface area contributed by atoms with Gasteiger partial charge in [0.15, 0.2) is 0 Å². The summed E-state index contributed by atoms with van der Waals surface area (Å²) in [6.45, 7) is 0. The maximum Gasteiger partial charge on any atom is 0.0887 e. The van der Waals surface area contributed by atoms with Crippen molar-refractivity contribution >= 4 is 0 Å². The molecule has 0 aliphatic carbocycles. The molecule has 2 nitrogen and oxygen atoms in total. The average Bonchev–Trinajstić information content (AvgIpc) is 2.58. The molecule has 0 aliphatic rings. The van der Waals surface area contributed by atoms with Gasteiger partial charge in [0, 0.05) is 12.4 Å². The second-order valence-corrected chi connectivity index (χ2v) is 2.24. The summed E-state index contributed by atoms with van der Waals surface area (Å²) in [5.41, 5.74) is 1.06. The lowest BCUT2D eigenvalue weighted by atomic mass is 10.4. The zero-order valence-electron chi connectivity index (χ0n) is 5.94. The highest BCUT2D eigenvalue weighted by molar-refractivity contribution is 5.27. The van der Waals surface area contributed by atoms with Crippen LogP contribution in [0.15, 0.2) is 42.9 Å². The predicted molar refractivity (Wildman–Crippen MR) is 42.4 cm³/mol. The molecule has 1 radical (unpaired) electrons. The molecule has 0 aromatic carbocycles. The molecule has 0 aliphatic heterocycles. The minimum atomic E-state index is 1.06. The van der Waals surface area contributed by atoms with Crippen LogP contribution in [0.5, 0.6) is 0 Å². The van der Waals surface area contributed by atoms with E-state index in [0.717, 1.165) is 5.69 Å². The number of hydrogen-bond acceptors (Lipinski definition) is 1. The fraction of sp³-hybridized carbons (Fsp3) is 0. The monoisotopic (exact) mass is 143 g/mol. The van der Waals surface area contributed by atoms with Crippen LogP contribution >= 0.6 is 0 Å². The van der Waals surface area contributed by atoms with E-state index in [4.69, 9.17) is 0 Å². The minimum absolute atomic E-state index is 1.06. The van der Waals surface area contributed by atoms with Crippen molar-refractivity contribution in [2.24, 2.45) is 0 Å². The first kappa shape index (κ1) is 6.16. The van der Waals surface area contributed by atoms with E-state index in [1.54, 1.807) is 12.3 Å². The summed E-state index contributed by atoms with van der Waals surface area (Å²) in [4.78, 5) is 3.89. The quantitative estimate of drug-likeness (QED) is 0.593. The van der Waals surface area contributed by atoms with E-state index in [2.05, 4.69) is 11.2 Å². The summed E-state index contributed by atoms with van der Waals surface area (Å²) in [5.74, 6) is 0. The summed E-state index contributed by atoms with van der Waals surface area (Å²) >= 11 is 0. The molecule has 11 heavy (non-hydrogen) atoms. The van der Waals surface area contributed by atoms with Gasteiger partial charge in [0.25, 0.3) is 0 Å². The van der Waals surface area contributed by atoms with Crippen LogP contribution in [0.2, 0.25) is 0 Å². The Morgan fingerprint density at radius 2 is 2.09 bits per heavy atom. The van der Waals surface area contributed by atoms with Crippen molar-refractivity contribution < 1.29 is 0 Å². The molecule has 2 heteroatoms. The van der Waals surface area contributed by atoms with Crippen LogP contribution in [0.25, 0.3) is 5.69 Å². The van der Waals surface area contributed by atoms with Gasteiger partial charge in [-0.05, 0) is 24.3 Å². The van der Waals surface area contributed by atoms with Crippen LogP contribution in [0, 0.1) is 6.20 Å². The Labute approximate surface area is 65.1 Å². The van der Waals surface area contributed by atoms with Gasteiger partial charge in [-0.3, -0.25) is 4.98 Å². The number of rotatable bonds is 1. The van der Waals surface area contributed by atoms with Crippen molar-refractivity contribution in [3.63, 3.8) is 0 Å². The molecule has 53 valence electrons. The zero-order valence-corrected chi connectivity index (χ0v) is 5.94. The maximum atomic E-state index is 3.89. The molecular weight excluding hydrogens is 136 g/mol. The number of hydrogen-bond donors (Lipinski definition) is 0. The molecule has 0 amide bonds. The average molecular weight is 143 g/mol. The van der Waals surface area contributed by atoms with Crippen LogP contribution in [-0.2, 0) is 0 Å². The van der Waals surface area contributed by atoms with Gasteiger partial charge < -0.3 is 4.57 Å². The third-order valence-electron chi connectivity index (χ3n) is 1.50. The molecular formula is C9H7N2. The van der Waals surface area contributed by atoms with E-state index in [0.29, 0.717) is 0 Å². The van der Waals surface area contributed by atoms with Gasteiger partial charge >= 0.3 is 0 Å². The van der Waals surface area contributed by atoms with Gasteiger partial charge in [-0.25, -0.2) is 0 Å². The van der Waals surface area contributed by atoms with Gasteiger partial charge in [-0.1, -0.05) is 0 Å². The second-order valence-electron chi connectivity index (χ2n) is 2.24. The molecule has 0 atom stereocenters. The number of aromatic nitrogens is 2. The highest BCUT2D eigenvalue weighted by atomic mass is 14.9. The van der Waals surface area contributed by atoms with Crippen molar-refractivity contribution in [3.8, 4) is 5.69 Å². The standard InChI is InChI=1S/C9H7N2/c1-2-7-11(6-1)9-4-3-5-10-8-9/h1-4,6-8H. The Bertz CT molecular complexity index is 311. The summed E-state index contributed by atoms with van der Waals surface area (Å²) in [6, 6.07) is 7.73. The molecule has 2 aromatic rings. The largest absolute Gasteiger partial charge is 0.322 e. The van der Waals surface area contributed by atoms with E-state index >= 15 is 0 Å². The lowest BCUT2D eigenvalue weighted by Crippen LogP contribution is -1.88. The van der Waals surface area contributed by atoms with Crippen LogP contribution in [-0.4, -0.2) is 9.55 Å². The molecule has 0 unspecified atom stereocenters. The third-order valence-corrected chi connectivity index (χ3v) is 1.50. The van der Waals surface area contributed by atoms with Crippen molar-refractivity contribution in [1.29, 1.82) is 0 Å². The zero-order chi connectivity index (χ0) is 7.52. The first-order chi connectivity index (χ1) is 5.47. The summed E-state index contributed by atoms with van der Waals surface area (Å²) < 4.78 is 2.00. The summed E-state index contributed by atoms with van der Waals surface area (Å²) in [7, 11) is 0. The van der Waals surface area contributed by atoms with Crippen molar-refractivity contribution in [2.75, 3.05) is 0 Å². The topological polar surface area (TPSA) is 17.8 Å². The van der Waals surface area contributed by atoms with E-state index < -0.39 is 0 Å². The fourth-order valence-corrected chi connectivity index (χ4v) is 0.972. The predicted octanol–water partition coefficient (Wildman–Crippen LogP) is 1.67. The van der Waals surface area contributed by atoms with Gasteiger partial charge in [-0.2, -0.15) is 0 Å². The first-order valence-electron chi connectivity index (χ1n) is 3.42. The molecule has 0 saturated carbocycles. The highest BCUT2D eigenvalue weighted by Crippen LogP contribution is 2.03. The molecule has 0 N–H and O–H groups in total. The van der Waals surface area contributed by atoms with Crippen LogP contribution in [0.1, 0.15) is 0 Å². The second kappa shape index (κ2) is 2.58. The molecule has 0 saturated heterocycles. The molecule has 2 rings (SSSR count). The smallest absolute Gasteiger partial charge is 0.0887 e. The Balaban J connectivity index is 2.46. The Morgan fingerprint density at radius 3 is 2.73 bits per heavy atom. The van der Waals surface area contributed by atoms with Crippen molar-refractivity contribution in [1.82, 2.24) is 9.55 Å². The van der Waals surface area contributed by atoms with E-state index in [9.17, 15) is 0 Å². The lowest BCUT2D eigenvalue weighted by molar-refractivity contribution is 1.06. The minimum Gasteiger partial charge on any atom is -0.322 e. The third kappa shape index (κ3) is 1.15. The van der Waals surface area contributed by atoms with E-state index in [1.165, 1.54) is 0 Å². The van der Waals surface area contributed by atoms with Crippen LogP contribution in [0.4, 0.5) is 0 Å². The Kier molecular flexibility index (Phi) is 1.44. The Morgan fingerprint density at radius 1 is 1.27 bits per heavy atom. The Hall–Kier alpha value is -1.57. The van der Waals surface area contributed by atoms with Gasteiger partial charge in [0.05, 0.1) is 18.1 Å². The molecule has 0 fully saturated rings. The first-order valence-corrected chi connectivity index (χ1v) is 3.42. The van der Waals surface area contributed by atoms with Crippen LogP contribution < -0.4 is 0 Å². The van der Waals surface area contributed by atoms with Gasteiger partial charge in [-0.15, -0.1) is 0 Å². The van der Waals surface area contributed by atoms with E-state index in [1.807, 2.05) is 35.2 Å². The number of nitrogens with zero attached hydrogens (tertiary/aromatic N) is 2. The van der Waals surface area contributed by atoms with Crippen molar-refractivity contribution in [2.45, 2.75) is 0 Å². The number of pyridine rings is 1. The molecule has 2 aromatic heterocycles. The van der Waals surface area contributed by atoms with Gasteiger partial charge in [0.1, 0.15) is 0 Å². The molecule has 2 heterocycles.